The largest absolute Gasteiger partial charge is 0.446 e. The third-order valence-corrected chi connectivity index (χ3v) is 5.27. The van der Waals surface area contributed by atoms with Crippen LogP contribution in [0, 0.1) is 5.41 Å². The Morgan fingerprint density at radius 3 is 2.26 bits per heavy atom. The van der Waals surface area contributed by atoms with Crippen molar-refractivity contribution in [3.63, 3.8) is 0 Å². The molecule has 1 amide bonds. The number of aliphatic hydroxyl groups excluding tert-OH is 1. The van der Waals surface area contributed by atoms with E-state index in [9.17, 15) is 23.1 Å². The van der Waals surface area contributed by atoms with Crippen molar-refractivity contribution in [2.45, 2.75) is 36.6 Å². The zero-order valence-electron chi connectivity index (χ0n) is 12.9. The summed E-state index contributed by atoms with van der Waals surface area (Å²) in [5.41, 5.74) is -4.04. The Labute approximate surface area is 137 Å². The molecule has 1 aliphatic heterocycles. The second-order valence-electron chi connectivity index (χ2n) is 5.88. The molecular weight excluding hydrogens is 327 g/mol. The third kappa shape index (κ3) is 4.64. The van der Waals surface area contributed by atoms with Gasteiger partial charge in [0.05, 0.1) is 0 Å². The number of hydrogen-bond acceptors (Lipinski definition) is 3. The predicted molar refractivity (Wildman–Crippen MR) is 83.3 cm³/mol. The van der Waals surface area contributed by atoms with Crippen LogP contribution in [0.25, 0.3) is 0 Å². The number of benzene rings is 1. The van der Waals surface area contributed by atoms with Gasteiger partial charge in [-0.05, 0) is 60.7 Å². The number of likely N-dealkylation sites (tertiary alicyclic amines) is 1. The van der Waals surface area contributed by atoms with Gasteiger partial charge in [0.1, 0.15) is 0 Å². The minimum atomic E-state index is -4.33. The highest BCUT2D eigenvalue weighted by molar-refractivity contribution is 8.00. The fourth-order valence-electron chi connectivity index (χ4n) is 2.79. The molecule has 2 rings (SSSR count). The van der Waals surface area contributed by atoms with Gasteiger partial charge in [-0.15, -0.1) is 0 Å². The van der Waals surface area contributed by atoms with E-state index in [0.717, 1.165) is 19.3 Å². The summed E-state index contributed by atoms with van der Waals surface area (Å²) in [5.74, 6) is -0.170. The monoisotopic (exact) mass is 347 g/mol. The molecule has 3 nitrogen and oxygen atoms in total. The lowest BCUT2D eigenvalue weighted by molar-refractivity contribution is -0.0328. The number of hydrogen-bond donors (Lipinski definition) is 1. The van der Waals surface area contributed by atoms with Crippen LogP contribution in [0.3, 0.4) is 0 Å². The lowest BCUT2D eigenvalue weighted by Crippen LogP contribution is -2.44. The van der Waals surface area contributed by atoms with E-state index in [1.165, 1.54) is 24.3 Å². The van der Waals surface area contributed by atoms with Crippen molar-refractivity contribution in [1.29, 1.82) is 0 Å². The van der Waals surface area contributed by atoms with Crippen LogP contribution in [0.5, 0.6) is 0 Å². The Morgan fingerprint density at radius 2 is 1.83 bits per heavy atom. The lowest BCUT2D eigenvalue weighted by Gasteiger charge is -2.40. The molecule has 1 fully saturated rings. The lowest BCUT2D eigenvalue weighted by atomic mass is 9.77. The number of piperidine rings is 1. The van der Waals surface area contributed by atoms with Gasteiger partial charge in [-0.2, -0.15) is 13.2 Å². The highest BCUT2D eigenvalue weighted by atomic mass is 32.2. The highest BCUT2D eigenvalue weighted by Crippen LogP contribution is 2.37. The Kier molecular flexibility index (Phi) is 5.62. The standard InChI is InChI=1S/C16H20F3NO2S/c1-2-15(11-21)7-9-20(10-8-15)14(22)12-3-5-13(6-4-12)23-16(17,18)19/h3-6,21H,2,7-11H2,1H3. The van der Waals surface area contributed by atoms with Gasteiger partial charge in [0, 0.05) is 30.2 Å². The van der Waals surface area contributed by atoms with Crippen molar-refractivity contribution >= 4 is 17.7 Å². The number of amides is 1. The summed E-state index contributed by atoms with van der Waals surface area (Å²) >= 11 is -0.190. The first-order valence-electron chi connectivity index (χ1n) is 7.54. The molecule has 1 aliphatic rings. The van der Waals surface area contributed by atoms with Crippen LogP contribution in [0.15, 0.2) is 29.2 Å². The molecule has 1 N–H and O–H groups in total. The maximum atomic E-state index is 12.4. The zero-order valence-corrected chi connectivity index (χ0v) is 13.7. The molecule has 0 saturated carbocycles. The van der Waals surface area contributed by atoms with Gasteiger partial charge in [0.15, 0.2) is 0 Å². The van der Waals surface area contributed by atoms with Crippen LogP contribution in [0.1, 0.15) is 36.5 Å². The van der Waals surface area contributed by atoms with Crippen LogP contribution < -0.4 is 0 Å². The second-order valence-corrected chi connectivity index (χ2v) is 7.01. The first kappa shape index (κ1) is 18.1. The van der Waals surface area contributed by atoms with Gasteiger partial charge in [-0.25, -0.2) is 0 Å². The van der Waals surface area contributed by atoms with Crippen molar-refractivity contribution in [2.75, 3.05) is 19.7 Å². The fraction of sp³-hybridized carbons (Fsp3) is 0.562. The minimum absolute atomic E-state index is 0.0676. The van der Waals surface area contributed by atoms with Gasteiger partial charge < -0.3 is 10.0 Å². The summed E-state index contributed by atoms with van der Waals surface area (Å²) in [7, 11) is 0. The molecule has 0 unspecified atom stereocenters. The Balaban J connectivity index is 1.99. The van der Waals surface area contributed by atoms with E-state index in [2.05, 4.69) is 0 Å². The molecule has 1 aromatic rings. The molecule has 0 spiro atoms. The molecule has 128 valence electrons. The number of alkyl halides is 3. The number of rotatable bonds is 4. The van der Waals surface area contributed by atoms with E-state index in [0.29, 0.717) is 18.7 Å². The van der Waals surface area contributed by atoms with E-state index in [1.54, 1.807) is 4.90 Å². The first-order chi connectivity index (χ1) is 10.8. The van der Waals surface area contributed by atoms with Gasteiger partial charge >= 0.3 is 5.51 Å². The van der Waals surface area contributed by atoms with E-state index in [4.69, 9.17) is 0 Å². The maximum Gasteiger partial charge on any atom is 0.446 e. The number of aliphatic hydroxyl groups is 1. The summed E-state index contributed by atoms with van der Waals surface area (Å²) in [6, 6.07) is 5.51. The summed E-state index contributed by atoms with van der Waals surface area (Å²) in [5, 5.41) is 9.51. The maximum absolute atomic E-state index is 12.4. The van der Waals surface area contributed by atoms with E-state index >= 15 is 0 Å². The number of thioether (sulfide) groups is 1. The zero-order chi connectivity index (χ0) is 17.1. The number of carbonyl (C=O) groups is 1. The van der Waals surface area contributed by atoms with Crippen LogP contribution in [0.2, 0.25) is 0 Å². The molecule has 0 bridgehead atoms. The fourth-order valence-corrected chi connectivity index (χ4v) is 3.33. The van der Waals surface area contributed by atoms with Gasteiger partial charge in [0.2, 0.25) is 0 Å². The summed E-state index contributed by atoms with van der Waals surface area (Å²) in [6.07, 6.45) is 2.36. The van der Waals surface area contributed by atoms with E-state index in [-0.39, 0.29) is 34.6 Å². The quantitative estimate of drug-likeness (QED) is 0.839. The summed E-state index contributed by atoms with van der Waals surface area (Å²) in [4.78, 5) is 14.2. The SMILES string of the molecule is CCC1(CO)CCN(C(=O)c2ccc(SC(F)(F)F)cc2)CC1. The van der Waals surface area contributed by atoms with Crippen molar-refractivity contribution in [3.8, 4) is 0 Å². The second kappa shape index (κ2) is 7.13. The molecule has 0 aromatic heterocycles. The van der Waals surface area contributed by atoms with Gasteiger partial charge in [-0.3, -0.25) is 4.79 Å². The van der Waals surface area contributed by atoms with Gasteiger partial charge in [0.25, 0.3) is 5.91 Å². The number of halogens is 3. The predicted octanol–water partition coefficient (Wildman–Crippen LogP) is 3.92. The molecular formula is C16H20F3NO2S. The Bertz CT molecular complexity index is 531. The van der Waals surface area contributed by atoms with Gasteiger partial charge in [-0.1, -0.05) is 6.92 Å². The molecule has 1 saturated heterocycles. The Hall–Kier alpha value is -1.21. The van der Waals surface area contributed by atoms with Crippen LogP contribution in [-0.4, -0.2) is 41.1 Å². The molecule has 0 atom stereocenters. The molecule has 0 radical (unpaired) electrons. The van der Waals surface area contributed by atoms with E-state index < -0.39 is 5.51 Å². The van der Waals surface area contributed by atoms with Crippen LogP contribution in [0.4, 0.5) is 13.2 Å². The topological polar surface area (TPSA) is 40.5 Å². The first-order valence-corrected chi connectivity index (χ1v) is 8.36. The number of nitrogens with zero attached hydrogens (tertiary/aromatic N) is 1. The Morgan fingerprint density at radius 1 is 1.26 bits per heavy atom. The summed E-state index contributed by atoms with van der Waals surface area (Å²) < 4.78 is 36.9. The number of carbonyl (C=O) groups excluding carboxylic acids is 1. The highest BCUT2D eigenvalue weighted by Gasteiger charge is 2.34. The smallest absolute Gasteiger partial charge is 0.396 e. The molecule has 0 aliphatic carbocycles. The third-order valence-electron chi connectivity index (χ3n) is 4.53. The normalized spacial score (nSPS) is 18.0. The molecule has 7 heteroatoms. The van der Waals surface area contributed by atoms with Crippen LogP contribution >= 0.6 is 11.8 Å². The average molecular weight is 347 g/mol. The van der Waals surface area contributed by atoms with Crippen LogP contribution in [-0.2, 0) is 0 Å². The van der Waals surface area contributed by atoms with Crippen molar-refractivity contribution in [2.24, 2.45) is 5.41 Å². The van der Waals surface area contributed by atoms with E-state index in [1.807, 2.05) is 6.92 Å². The molecule has 1 heterocycles. The summed E-state index contributed by atoms with van der Waals surface area (Å²) in [6.45, 7) is 3.28. The van der Waals surface area contributed by atoms with Crippen molar-refractivity contribution < 1.29 is 23.1 Å². The minimum Gasteiger partial charge on any atom is -0.396 e. The van der Waals surface area contributed by atoms with Crippen molar-refractivity contribution in [1.82, 2.24) is 4.90 Å². The van der Waals surface area contributed by atoms with Crippen molar-refractivity contribution in [3.05, 3.63) is 29.8 Å². The molecule has 23 heavy (non-hydrogen) atoms. The molecule has 1 aromatic carbocycles. The average Bonchev–Trinajstić information content (AvgIpc) is 2.53.